The van der Waals surface area contributed by atoms with Gasteiger partial charge in [0.2, 0.25) is 0 Å². The van der Waals surface area contributed by atoms with Gasteiger partial charge in [0.1, 0.15) is 11.9 Å². The van der Waals surface area contributed by atoms with Gasteiger partial charge in [-0.15, -0.1) is 0 Å². The van der Waals surface area contributed by atoms with Crippen LogP contribution in [0.4, 0.5) is 9.18 Å². The third-order valence-corrected chi connectivity index (χ3v) is 11.9. The molecule has 0 unspecified atom stereocenters. The maximum atomic E-state index is 16.2. The van der Waals surface area contributed by atoms with Gasteiger partial charge in [0.05, 0.1) is 23.2 Å². The summed E-state index contributed by atoms with van der Waals surface area (Å²) in [6, 6.07) is 3.79. The van der Waals surface area contributed by atoms with E-state index in [1.165, 1.54) is 7.11 Å². The van der Waals surface area contributed by atoms with Crippen molar-refractivity contribution >= 4 is 23.6 Å². The van der Waals surface area contributed by atoms with Crippen molar-refractivity contribution in [1.29, 1.82) is 0 Å². The number of carbonyl (C=O) groups excluding carboxylic acids is 4. The summed E-state index contributed by atoms with van der Waals surface area (Å²) < 4.78 is 36.0. The Labute approximate surface area is 289 Å². The number of cyclic esters (lactones) is 1. The number of imidazole rings is 1. The minimum absolute atomic E-state index is 0.124. The molecule has 0 radical (unpaired) electrons. The Morgan fingerprint density at radius 1 is 1.04 bits per heavy atom. The van der Waals surface area contributed by atoms with Crippen molar-refractivity contribution in [2.75, 3.05) is 13.7 Å². The predicted octanol–water partition coefficient (Wildman–Crippen LogP) is 6.24. The highest BCUT2D eigenvalue weighted by atomic mass is 19.1. The first-order valence-electron chi connectivity index (χ1n) is 17.3. The van der Waals surface area contributed by atoms with Gasteiger partial charge in [0, 0.05) is 62.1 Å². The maximum absolute atomic E-state index is 16.2. The third kappa shape index (κ3) is 6.77. The van der Waals surface area contributed by atoms with Gasteiger partial charge in [-0.2, -0.15) is 0 Å². The molecule has 2 aliphatic rings. The quantitative estimate of drug-likeness (QED) is 0.180. The zero-order chi connectivity index (χ0) is 36.5. The van der Waals surface area contributed by atoms with Crippen molar-refractivity contribution in [3.63, 3.8) is 0 Å². The molecule has 2 aromatic heterocycles. The summed E-state index contributed by atoms with van der Waals surface area (Å²) in [5.41, 5.74) is -5.11. The van der Waals surface area contributed by atoms with Crippen molar-refractivity contribution in [1.82, 2.24) is 19.4 Å². The van der Waals surface area contributed by atoms with Gasteiger partial charge in [-0.1, -0.05) is 34.6 Å². The number of amides is 1. The minimum atomic E-state index is -2.97. The zero-order valence-corrected chi connectivity index (χ0v) is 30.6. The fourth-order valence-corrected chi connectivity index (χ4v) is 7.86. The molecule has 9 atom stereocenters. The number of alkyl halides is 1. The highest BCUT2D eigenvalue weighted by Crippen LogP contribution is 2.50. The molecule has 0 saturated carbocycles. The first-order valence-corrected chi connectivity index (χ1v) is 17.3. The van der Waals surface area contributed by atoms with Crippen LogP contribution in [-0.2, 0) is 35.1 Å². The van der Waals surface area contributed by atoms with E-state index >= 15 is 4.39 Å². The summed E-state index contributed by atoms with van der Waals surface area (Å²) in [4.78, 5) is 65.5. The molecule has 4 heterocycles. The predicted molar refractivity (Wildman–Crippen MR) is 181 cm³/mol. The Bertz CT molecular complexity index is 1530. The molecule has 11 nitrogen and oxygen atoms in total. The van der Waals surface area contributed by atoms with Gasteiger partial charge in [-0.25, -0.2) is 19.0 Å². The number of esters is 1. The van der Waals surface area contributed by atoms with Gasteiger partial charge in [-0.3, -0.25) is 19.5 Å². The summed E-state index contributed by atoms with van der Waals surface area (Å²) >= 11 is 0. The number of carbonyl (C=O) groups is 4. The molecule has 2 aromatic rings. The number of aryl methyl sites for hydroxylation is 1. The van der Waals surface area contributed by atoms with Crippen molar-refractivity contribution < 1.29 is 37.8 Å². The van der Waals surface area contributed by atoms with E-state index in [4.69, 9.17) is 14.2 Å². The molecule has 0 spiro atoms. The smallest absolute Gasteiger partial charge is 0.411 e. The van der Waals surface area contributed by atoms with E-state index in [0.29, 0.717) is 19.4 Å². The van der Waals surface area contributed by atoms with Crippen molar-refractivity contribution in [3.8, 4) is 11.3 Å². The van der Waals surface area contributed by atoms with Crippen LogP contribution >= 0.6 is 0 Å². The van der Waals surface area contributed by atoms with E-state index in [-0.39, 0.29) is 25.2 Å². The summed E-state index contributed by atoms with van der Waals surface area (Å²) in [6.45, 7) is 15.7. The van der Waals surface area contributed by atoms with Crippen LogP contribution in [0.2, 0.25) is 0 Å². The first kappa shape index (κ1) is 38.1. The third-order valence-electron chi connectivity index (χ3n) is 11.9. The molecule has 49 heavy (non-hydrogen) atoms. The normalized spacial score (nSPS) is 36.2. The molecule has 0 bridgehead atoms. The lowest BCUT2D eigenvalue weighted by Crippen LogP contribution is -2.66. The second-order valence-electron chi connectivity index (χ2n) is 14.7. The van der Waals surface area contributed by atoms with Crippen LogP contribution in [0.1, 0.15) is 88.0 Å². The van der Waals surface area contributed by atoms with Crippen LogP contribution in [0, 0.1) is 23.7 Å². The number of rotatable bonds is 8. The molecular weight excluding hydrogens is 631 g/mol. The maximum Gasteiger partial charge on any atom is 0.411 e. The Morgan fingerprint density at radius 2 is 1.71 bits per heavy atom. The lowest BCUT2D eigenvalue weighted by Gasteiger charge is -2.49. The van der Waals surface area contributed by atoms with Gasteiger partial charge in [0.25, 0.3) is 5.67 Å². The first-order chi connectivity index (χ1) is 22.9. The van der Waals surface area contributed by atoms with Gasteiger partial charge in [-0.05, 0) is 71.4 Å². The number of unbranched alkanes of at least 4 members (excludes halogenated alkanes) is 1. The average molecular weight is 685 g/mol. The molecule has 2 aliphatic heterocycles. The molecule has 2 saturated heterocycles. The van der Waals surface area contributed by atoms with Crippen LogP contribution < -0.4 is 0 Å². The number of nitrogens with zero attached hydrogens (tertiary/aromatic N) is 4. The molecule has 0 N–H and O–H groups in total. The summed E-state index contributed by atoms with van der Waals surface area (Å²) in [7, 11) is 1.50. The number of aromatic nitrogens is 3. The lowest BCUT2D eigenvalue weighted by atomic mass is 9.65. The lowest BCUT2D eigenvalue weighted by molar-refractivity contribution is -0.186. The van der Waals surface area contributed by atoms with E-state index in [0.717, 1.165) is 18.2 Å². The van der Waals surface area contributed by atoms with Crippen molar-refractivity contribution in [2.24, 2.45) is 23.7 Å². The largest absolute Gasteiger partial charge is 0.455 e. The van der Waals surface area contributed by atoms with E-state index < -0.39 is 70.0 Å². The molecule has 0 aromatic carbocycles. The van der Waals surface area contributed by atoms with Crippen LogP contribution in [0.5, 0.6) is 0 Å². The number of methoxy groups -OCH3 is 1. The van der Waals surface area contributed by atoms with Crippen LogP contribution in [0.15, 0.2) is 37.1 Å². The fourth-order valence-electron chi connectivity index (χ4n) is 7.86. The molecule has 4 rings (SSSR count). The molecular formula is C37H53FN4O7. The van der Waals surface area contributed by atoms with E-state index in [1.54, 1.807) is 72.1 Å². The molecule has 2 fully saturated rings. The average Bonchev–Trinajstić information content (AvgIpc) is 3.63. The number of ketones is 2. The SMILES string of the molecule is CC[C@H]1OC(=O)[C@@](C)(F)C(=O)[C@H](C)[C@@H](C)[C@](C)(OC)C[C@@H](C)C(=O)[C@H](C)[C@@]2(C)N(CCCCn3cnc(-c4cccnc4)c3)C(=O)O[C@]12C. The second-order valence-corrected chi connectivity index (χ2v) is 14.7. The number of halogens is 1. The minimum Gasteiger partial charge on any atom is -0.455 e. The van der Waals surface area contributed by atoms with Crippen LogP contribution in [0.3, 0.4) is 0 Å². The number of pyridine rings is 1. The topological polar surface area (TPSA) is 130 Å². The number of hydrogen-bond donors (Lipinski definition) is 0. The van der Waals surface area contributed by atoms with E-state index in [1.807, 2.05) is 29.8 Å². The number of hydrogen-bond acceptors (Lipinski definition) is 9. The van der Waals surface area contributed by atoms with Crippen LogP contribution in [-0.4, -0.2) is 85.2 Å². The van der Waals surface area contributed by atoms with E-state index in [9.17, 15) is 19.2 Å². The van der Waals surface area contributed by atoms with Crippen LogP contribution in [0.25, 0.3) is 11.3 Å². The molecule has 0 aliphatic carbocycles. The number of fused-ring (bicyclic) bond motifs is 1. The highest BCUT2D eigenvalue weighted by Gasteiger charge is 2.68. The van der Waals surface area contributed by atoms with Crippen molar-refractivity contribution in [2.45, 2.75) is 123 Å². The zero-order valence-electron chi connectivity index (χ0n) is 30.6. The Morgan fingerprint density at radius 3 is 2.33 bits per heavy atom. The van der Waals surface area contributed by atoms with E-state index in [2.05, 4.69) is 9.97 Å². The fraction of sp³-hybridized carbons (Fsp3) is 0.676. The standard InChI is InChI=1S/C37H53FN4O7/c1-11-29-37(9)36(8,42(33(46)49-37)18-13-12-17-41-21-28(40-22-41)27-15-14-16-39-20-27)26(5)30(43)23(2)19-34(6,47-10)25(4)24(3)31(44)35(7,38)32(45)48-29/h14-16,20-26,29H,11-13,17-19H2,1-10H3/t23-,24-,25-,26+,29-,34-,35+,36-,37-/m1/s1. The Hall–Kier alpha value is -3.67. The number of ether oxygens (including phenoxy) is 3. The molecule has 1 amide bonds. The summed E-state index contributed by atoms with van der Waals surface area (Å²) in [5.74, 6) is -5.22. The highest BCUT2D eigenvalue weighted by molar-refractivity contribution is 6.07. The van der Waals surface area contributed by atoms with Gasteiger partial charge < -0.3 is 18.8 Å². The monoisotopic (exact) mass is 684 g/mol. The Balaban J connectivity index is 1.67. The second kappa shape index (κ2) is 14.3. The number of Topliss-reactive ketones (excluding diaryl/α,β-unsaturated/α-hetero) is 2. The van der Waals surface area contributed by atoms with Crippen molar-refractivity contribution in [3.05, 3.63) is 37.1 Å². The summed E-state index contributed by atoms with van der Waals surface area (Å²) in [5, 5.41) is 0. The molecule has 12 heteroatoms. The van der Waals surface area contributed by atoms with Gasteiger partial charge in [0.15, 0.2) is 11.4 Å². The summed E-state index contributed by atoms with van der Waals surface area (Å²) in [6.07, 6.45) is 7.00. The Kier molecular flexibility index (Phi) is 11.1. The van der Waals surface area contributed by atoms with Gasteiger partial charge >= 0.3 is 12.1 Å². The molecule has 270 valence electrons.